The summed E-state index contributed by atoms with van der Waals surface area (Å²) in [5, 5.41) is 0. The summed E-state index contributed by atoms with van der Waals surface area (Å²) in [5.41, 5.74) is 9.90. The number of aryl methyl sites for hydroxylation is 1. The third kappa shape index (κ3) is 3.65. The molecule has 0 radical (unpaired) electrons. The lowest BCUT2D eigenvalue weighted by molar-refractivity contribution is 0.417. The molecule has 0 spiro atoms. The fraction of sp³-hybridized carbons (Fsp3) is 0.100. The molecule has 0 amide bonds. The number of rotatable bonds is 5. The molecule has 3 aromatic carbocycles. The Morgan fingerprint density at radius 1 is 0.923 bits per heavy atom. The largest absolute Gasteiger partial charge is 0.495 e. The molecule has 6 heteroatoms. The number of benzene rings is 3. The van der Waals surface area contributed by atoms with Crippen molar-refractivity contribution in [3.05, 3.63) is 72.3 Å². The maximum absolute atomic E-state index is 12.6. The van der Waals surface area contributed by atoms with Crippen LogP contribution in [0.4, 0.5) is 11.4 Å². The summed E-state index contributed by atoms with van der Waals surface area (Å²) < 4.78 is 33.0. The SMILES string of the molecule is COc1ccccc1NS(=O)(=O)c1ccc(-c2ccc(C)c(N)c2)cc1. The molecule has 0 saturated heterocycles. The average Bonchev–Trinajstić information content (AvgIpc) is 2.64. The van der Waals surface area contributed by atoms with Crippen molar-refractivity contribution in [1.82, 2.24) is 0 Å². The van der Waals surface area contributed by atoms with Crippen molar-refractivity contribution in [2.24, 2.45) is 0 Å². The number of anilines is 2. The van der Waals surface area contributed by atoms with Gasteiger partial charge in [0.05, 0.1) is 17.7 Å². The molecule has 0 bridgehead atoms. The van der Waals surface area contributed by atoms with Gasteiger partial charge in [-0.25, -0.2) is 8.42 Å². The number of nitrogens with two attached hydrogens (primary N) is 1. The summed E-state index contributed by atoms with van der Waals surface area (Å²) in [5.74, 6) is 0.461. The molecule has 3 rings (SSSR count). The van der Waals surface area contributed by atoms with E-state index in [1.807, 2.05) is 25.1 Å². The first-order valence-electron chi connectivity index (χ1n) is 8.03. The highest BCUT2D eigenvalue weighted by Gasteiger charge is 2.16. The Morgan fingerprint density at radius 3 is 2.23 bits per heavy atom. The highest BCUT2D eigenvalue weighted by Crippen LogP contribution is 2.28. The average molecular weight is 368 g/mol. The lowest BCUT2D eigenvalue weighted by Crippen LogP contribution is -2.13. The quantitative estimate of drug-likeness (QED) is 0.666. The Balaban J connectivity index is 1.88. The maximum atomic E-state index is 12.6. The number of sulfonamides is 1. The van der Waals surface area contributed by atoms with E-state index >= 15 is 0 Å². The summed E-state index contributed by atoms with van der Waals surface area (Å²) in [6, 6.07) is 19.3. The molecular weight excluding hydrogens is 348 g/mol. The van der Waals surface area contributed by atoms with Crippen LogP contribution in [0.5, 0.6) is 5.75 Å². The van der Waals surface area contributed by atoms with Crippen LogP contribution in [-0.4, -0.2) is 15.5 Å². The first-order chi connectivity index (χ1) is 12.4. The van der Waals surface area contributed by atoms with Gasteiger partial charge in [0, 0.05) is 5.69 Å². The third-order valence-corrected chi connectivity index (χ3v) is 5.51. The minimum absolute atomic E-state index is 0.173. The molecule has 26 heavy (non-hydrogen) atoms. The van der Waals surface area contributed by atoms with Crippen molar-refractivity contribution in [2.45, 2.75) is 11.8 Å². The number of ether oxygens (including phenoxy) is 1. The highest BCUT2D eigenvalue weighted by atomic mass is 32.2. The molecule has 5 nitrogen and oxygen atoms in total. The van der Waals surface area contributed by atoms with Gasteiger partial charge in [-0.15, -0.1) is 0 Å². The number of hydrogen-bond donors (Lipinski definition) is 2. The van der Waals surface area contributed by atoms with Gasteiger partial charge in [-0.3, -0.25) is 4.72 Å². The van der Waals surface area contributed by atoms with E-state index in [-0.39, 0.29) is 4.90 Å². The van der Waals surface area contributed by atoms with E-state index in [4.69, 9.17) is 10.5 Å². The van der Waals surface area contributed by atoms with Gasteiger partial charge in [-0.05, 0) is 53.9 Å². The molecule has 3 aromatic rings. The van der Waals surface area contributed by atoms with Crippen molar-refractivity contribution >= 4 is 21.4 Å². The zero-order valence-corrected chi connectivity index (χ0v) is 15.4. The molecule has 0 fully saturated rings. The number of para-hydroxylation sites is 2. The van der Waals surface area contributed by atoms with Crippen LogP contribution in [0.1, 0.15) is 5.56 Å². The zero-order valence-electron chi connectivity index (χ0n) is 14.6. The van der Waals surface area contributed by atoms with Crippen LogP contribution in [0.15, 0.2) is 71.6 Å². The first-order valence-corrected chi connectivity index (χ1v) is 9.51. The molecular formula is C20H20N2O3S. The van der Waals surface area contributed by atoms with Crippen LogP contribution >= 0.6 is 0 Å². The second-order valence-corrected chi connectivity index (χ2v) is 7.58. The molecule has 134 valence electrons. The van der Waals surface area contributed by atoms with Crippen LogP contribution in [0.2, 0.25) is 0 Å². The lowest BCUT2D eigenvalue weighted by atomic mass is 10.0. The van der Waals surface area contributed by atoms with Crippen molar-refractivity contribution < 1.29 is 13.2 Å². The van der Waals surface area contributed by atoms with Gasteiger partial charge < -0.3 is 10.5 Å². The van der Waals surface area contributed by atoms with E-state index in [9.17, 15) is 8.42 Å². The third-order valence-electron chi connectivity index (χ3n) is 4.13. The van der Waals surface area contributed by atoms with Gasteiger partial charge >= 0.3 is 0 Å². The monoisotopic (exact) mass is 368 g/mol. The minimum atomic E-state index is -3.71. The maximum Gasteiger partial charge on any atom is 0.262 e. The molecule has 0 atom stereocenters. The van der Waals surface area contributed by atoms with Crippen molar-refractivity contribution in [3.63, 3.8) is 0 Å². The Bertz CT molecular complexity index is 1030. The lowest BCUT2D eigenvalue weighted by Gasteiger charge is -2.12. The number of hydrogen-bond acceptors (Lipinski definition) is 4. The standard InChI is InChI=1S/C20H20N2O3S/c1-14-7-8-16(13-18(14)21)15-9-11-17(12-10-15)26(23,24)22-19-5-3-4-6-20(19)25-2/h3-13,22H,21H2,1-2H3. The van der Waals surface area contributed by atoms with E-state index in [1.165, 1.54) is 7.11 Å². The van der Waals surface area contributed by atoms with Gasteiger partial charge in [0.2, 0.25) is 0 Å². The molecule has 0 aliphatic rings. The van der Waals surface area contributed by atoms with Crippen LogP contribution in [-0.2, 0) is 10.0 Å². The van der Waals surface area contributed by atoms with Gasteiger partial charge in [-0.2, -0.15) is 0 Å². The summed E-state index contributed by atoms with van der Waals surface area (Å²) in [6.45, 7) is 1.94. The van der Waals surface area contributed by atoms with Gasteiger partial charge in [0.15, 0.2) is 0 Å². The molecule has 0 unspecified atom stereocenters. The minimum Gasteiger partial charge on any atom is -0.495 e. The molecule has 3 N–H and O–H groups in total. The fourth-order valence-electron chi connectivity index (χ4n) is 2.58. The summed E-state index contributed by atoms with van der Waals surface area (Å²) in [4.78, 5) is 0.173. The summed E-state index contributed by atoms with van der Waals surface area (Å²) >= 11 is 0. The van der Waals surface area contributed by atoms with Gasteiger partial charge in [-0.1, -0.05) is 36.4 Å². The number of methoxy groups -OCH3 is 1. The topological polar surface area (TPSA) is 81.4 Å². The summed E-state index contributed by atoms with van der Waals surface area (Å²) in [6.07, 6.45) is 0. The van der Waals surface area contributed by atoms with E-state index in [1.54, 1.807) is 48.5 Å². The normalized spacial score (nSPS) is 11.2. The smallest absolute Gasteiger partial charge is 0.262 e. The molecule has 0 aliphatic heterocycles. The van der Waals surface area contributed by atoms with Crippen LogP contribution in [0.25, 0.3) is 11.1 Å². The van der Waals surface area contributed by atoms with Crippen molar-refractivity contribution in [3.8, 4) is 16.9 Å². The fourth-order valence-corrected chi connectivity index (χ4v) is 3.65. The zero-order chi connectivity index (χ0) is 18.7. The van der Waals surface area contributed by atoms with Crippen LogP contribution in [0, 0.1) is 6.92 Å². The first kappa shape index (κ1) is 17.8. The van der Waals surface area contributed by atoms with E-state index < -0.39 is 10.0 Å². The van der Waals surface area contributed by atoms with E-state index in [0.29, 0.717) is 17.1 Å². The second kappa shape index (κ2) is 7.09. The Hall–Kier alpha value is -2.99. The van der Waals surface area contributed by atoms with Crippen molar-refractivity contribution in [2.75, 3.05) is 17.6 Å². The number of nitrogen functional groups attached to an aromatic ring is 1. The predicted octanol–water partition coefficient (Wildman–Crippen LogP) is 4.05. The second-order valence-electron chi connectivity index (χ2n) is 5.90. The predicted molar refractivity (Wildman–Crippen MR) is 105 cm³/mol. The Labute approximate surface area is 153 Å². The van der Waals surface area contributed by atoms with Gasteiger partial charge in [0.1, 0.15) is 5.75 Å². The van der Waals surface area contributed by atoms with E-state index in [0.717, 1.165) is 16.7 Å². The molecule has 0 aliphatic carbocycles. The number of nitrogens with one attached hydrogen (secondary N) is 1. The molecule has 0 saturated carbocycles. The molecule has 0 aromatic heterocycles. The Morgan fingerprint density at radius 2 is 1.58 bits per heavy atom. The highest BCUT2D eigenvalue weighted by molar-refractivity contribution is 7.92. The van der Waals surface area contributed by atoms with Crippen LogP contribution in [0.3, 0.4) is 0 Å². The summed E-state index contributed by atoms with van der Waals surface area (Å²) in [7, 11) is -2.22. The Kier molecular flexibility index (Phi) is 4.86. The van der Waals surface area contributed by atoms with Crippen molar-refractivity contribution in [1.29, 1.82) is 0 Å². The molecule has 0 heterocycles. The van der Waals surface area contributed by atoms with Gasteiger partial charge in [0.25, 0.3) is 10.0 Å². The van der Waals surface area contributed by atoms with Crippen LogP contribution < -0.4 is 15.2 Å². The van der Waals surface area contributed by atoms with E-state index in [2.05, 4.69) is 4.72 Å².